The van der Waals surface area contributed by atoms with Crippen LogP contribution in [0.2, 0.25) is 0 Å². The van der Waals surface area contributed by atoms with Crippen molar-refractivity contribution in [3.63, 3.8) is 0 Å². The quantitative estimate of drug-likeness (QED) is 0.608. The van der Waals surface area contributed by atoms with Crippen LogP contribution in [0.4, 0.5) is 0 Å². The first-order valence-electron chi connectivity index (χ1n) is 3.40. The van der Waals surface area contributed by atoms with E-state index in [2.05, 4.69) is 13.8 Å². The van der Waals surface area contributed by atoms with Crippen molar-refractivity contribution in [2.45, 2.75) is 38.9 Å². The fourth-order valence-corrected chi connectivity index (χ4v) is 1.17. The molecule has 54 valence electrons. The third-order valence-electron chi connectivity index (χ3n) is 1.20. The lowest BCUT2D eigenvalue weighted by Crippen LogP contribution is -1.98. The predicted octanol–water partition coefficient (Wildman–Crippen LogP) is 2.45. The Bertz CT molecular complexity index is 90.9. The Morgan fingerprint density at radius 3 is 2.44 bits per heavy atom. The van der Waals surface area contributed by atoms with Crippen molar-refractivity contribution in [2.24, 2.45) is 0 Å². The molecule has 1 nitrogen and oxygen atoms in total. The lowest BCUT2D eigenvalue weighted by molar-refractivity contribution is -0.110. The molecule has 0 aliphatic carbocycles. The minimum atomic E-state index is 0.310. The molecular weight excluding hydrogens is 132 g/mol. The molecule has 1 atom stereocenters. The van der Waals surface area contributed by atoms with Gasteiger partial charge in [-0.3, -0.25) is 4.79 Å². The summed E-state index contributed by atoms with van der Waals surface area (Å²) in [5.41, 5.74) is 0. The van der Waals surface area contributed by atoms with Gasteiger partial charge in [-0.15, -0.1) is 0 Å². The highest BCUT2D eigenvalue weighted by atomic mass is 32.2. The largest absolute Gasteiger partial charge is 0.287 e. The summed E-state index contributed by atoms with van der Waals surface area (Å²) in [7, 11) is 0. The summed E-state index contributed by atoms with van der Waals surface area (Å²) in [5.74, 6) is 0. The zero-order valence-corrected chi connectivity index (χ0v) is 7.12. The Labute approximate surface area is 61.2 Å². The second-order valence-electron chi connectivity index (χ2n) is 2.06. The summed E-state index contributed by atoms with van der Waals surface area (Å²) in [5, 5.41) is 0.807. The van der Waals surface area contributed by atoms with Gasteiger partial charge in [-0.05, 0) is 6.42 Å². The fourth-order valence-electron chi connectivity index (χ4n) is 0.391. The van der Waals surface area contributed by atoms with E-state index in [0.717, 1.165) is 6.42 Å². The van der Waals surface area contributed by atoms with Crippen LogP contribution in [-0.4, -0.2) is 10.4 Å². The maximum absolute atomic E-state index is 10.7. The van der Waals surface area contributed by atoms with E-state index >= 15 is 0 Å². The van der Waals surface area contributed by atoms with Gasteiger partial charge in [0.15, 0.2) is 5.12 Å². The molecular formula is C7H14OS. The molecule has 0 saturated heterocycles. The number of carbonyl (C=O) groups is 1. The lowest BCUT2D eigenvalue weighted by atomic mass is 10.4. The van der Waals surface area contributed by atoms with Gasteiger partial charge in [0.05, 0.1) is 0 Å². The maximum atomic E-state index is 10.7. The summed E-state index contributed by atoms with van der Waals surface area (Å²) in [6, 6.07) is 0. The van der Waals surface area contributed by atoms with Gasteiger partial charge >= 0.3 is 0 Å². The van der Waals surface area contributed by atoms with E-state index < -0.39 is 0 Å². The highest BCUT2D eigenvalue weighted by Gasteiger charge is 2.04. The third-order valence-corrected chi connectivity index (χ3v) is 2.48. The summed E-state index contributed by atoms with van der Waals surface area (Å²) >= 11 is 1.46. The van der Waals surface area contributed by atoms with Crippen molar-refractivity contribution in [1.29, 1.82) is 0 Å². The Morgan fingerprint density at radius 2 is 2.11 bits per heavy atom. The molecule has 0 aromatic carbocycles. The number of thioether (sulfide) groups is 1. The van der Waals surface area contributed by atoms with Gasteiger partial charge in [0, 0.05) is 11.7 Å². The van der Waals surface area contributed by atoms with Crippen molar-refractivity contribution in [1.82, 2.24) is 0 Å². The van der Waals surface area contributed by atoms with Gasteiger partial charge < -0.3 is 0 Å². The minimum Gasteiger partial charge on any atom is -0.287 e. The normalized spacial score (nSPS) is 13.2. The zero-order chi connectivity index (χ0) is 7.28. The molecule has 0 fully saturated rings. The molecule has 0 radical (unpaired) electrons. The summed E-state index contributed by atoms with van der Waals surface area (Å²) in [4.78, 5) is 10.7. The smallest absolute Gasteiger partial charge is 0.188 e. The van der Waals surface area contributed by atoms with Crippen molar-refractivity contribution in [2.75, 3.05) is 0 Å². The highest BCUT2D eigenvalue weighted by Crippen LogP contribution is 2.15. The third kappa shape index (κ3) is 4.52. The van der Waals surface area contributed by atoms with Crippen molar-refractivity contribution >= 4 is 16.9 Å². The molecule has 2 heteroatoms. The van der Waals surface area contributed by atoms with Crippen molar-refractivity contribution < 1.29 is 4.79 Å². The van der Waals surface area contributed by atoms with Crippen LogP contribution >= 0.6 is 11.8 Å². The van der Waals surface area contributed by atoms with Crippen LogP contribution in [0.5, 0.6) is 0 Å². The molecule has 0 rings (SSSR count). The molecule has 0 heterocycles. The minimum absolute atomic E-state index is 0.310. The number of carbonyl (C=O) groups excluding carboxylic acids is 1. The fraction of sp³-hybridized carbons (Fsp3) is 0.857. The molecule has 0 aliphatic rings. The Kier molecular flexibility index (Phi) is 4.87. The molecule has 0 saturated carbocycles. The van der Waals surface area contributed by atoms with E-state index in [1.54, 1.807) is 0 Å². The molecule has 0 aromatic rings. The zero-order valence-electron chi connectivity index (χ0n) is 6.31. The predicted molar refractivity (Wildman–Crippen MR) is 42.6 cm³/mol. The SMILES string of the molecule is CCC(=O)SC(C)CC. The Morgan fingerprint density at radius 1 is 1.56 bits per heavy atom. The summed E-state index contributed by atoms with van der Waals surface area (Å²) in [6.07, 6.45) is 1.74. The molecule has 0 amide bonds. The van der Waals surface area contributed by atoms with Crippen LogP contribution in [0, 0.1) is 0 Å². The molecule has 1 unspecified atom stereocenters. The summed E-state index contributed by atoms with van der Waals surface area (Å²) in [6.45, 7) is 6.08. The van der Waals surface area contributed by atoms with E-state index in [1.807, 2.05) is 6.92 Å². The summed E-state index contributed by atoms with van der Waals surface area (Å²) < 4.78 is 0. The second kappa shape index (κ2) is 4.86. The monoisotopic (exact) mass is 146 g/mol. The molecule has 0 aliphatic heterocycles. The number of hydrogen-bond acceptors (Lipinski definition) is 2. The van der Waals surface area contributed by atoms with Gasteiger partial charge in [0.25, 0.3) is 0 Å². The van der Waals surface area contributed by atoms with Gasteiger partial charge in [-0.2, -0.15) is 0 Å². The number of rotatable bonds is 3. The average molecular weight is 146 g/mol. The first-order valence-corrected chi connectivity index (χ1v) is 4.28. The first-order chi connectivity index (χ1) is 4.20. The van der Waals surface area contributed by atoms with Crippen LogP contribution in [0.25, 0.3) is 0 Å². The van der Waals surface area contributed by atoms with Gasteiger partial charge in [0.2, 0.25) is 0 Å². The molecule has 0 aromatic heterocycles. The Hall–Kier alpha value is 0.0200. The lowest BCUT2D eigenvalue weighted by Gasteiger charge is -2.03. The van der Waals surface area contributed by atoms with Gasteiger partial charge in [-0.1, -0.05) is 32.5 Å². The van der Waals surface area contributed by atoms with E-state index in [1.165, 1.54) is 11.8 Å². The Balaban J connectivity index is 3.34. The first kappa shape index (κ1) is 9.02. The van der Waals surface area contributed by atoms with Crippen molar-refractivity contribution in [3.8, 4) is 0 Å². The second-order valence-corrected chi connectivity index (χ2v) is 3.56. The molecule has 0 N–H and O–H groups in total. The van der Waals surface area contributed by atoms with Crippen LogP contribution in [0.15, 0.2) is 0 Å². The highest BCUT2D eigenvalue weighted by molar-refractivity contribution is 8.14. The number of hydrogen-bond donors (Lipinski definition) is 0. The van der Waals surface area contributed by atoms with Gasteiger partial charge in [0.1, 0.15) is 0 Å². The van der Waals surface area contributed by atoms with Crippen LogP contribution < -0.4 is 0 Å². The van der Waals surface area contributed by atoms with E-state index in [9.17, 15) is 4.79 Å². The van der Waals surface area contributed by atoms with E-state index in [4.69, 9.17) is 0 Å². The van der Waals surface area contributed by atoms with Crippen LogP contribution in [0.3, 0.4) is 0 Å². The van der Waals surface area contributed by atoms with Crippen LogP contribution in [0.1, 0.15) is 33.6 Å². The topological polar surface area (TPSA) is 17.1 Å². The average Bonchev–Trinajstić information content (AvgIpc) is 1.87. The van der Waals surface area contributed by atoms with Gasteiger partial charge in [-0.25, -0.2) is 0 Å². The molecule has 0 spiro atoms. The van der Waals surface area contributed by atoms with E-state index in [0.29, 0.717) is 16.8 Å². The van der Waals surface area contributed by atoms with E-state index in [-0.39, 0.29) is 0 Å². The van der Waals surface area contributed by atoms with Crippen LogP contribution in [-0.2, 0) is 4.79 Å². The molecule has 0 bridgehead atoms. The maximum Gasteiger partial charge on any atom is 0.188 e. The standard InChI is InChI=1S/C7H14OS/c1-4-6(3)9-7(8)5-2/h6H,4-5H2,1-3H3. The van der Waals surface area contributed by atoms with Crippen molar-refractivity contribution in [3.05, 3.63) is 0 Å². The molecule has 9 heavy (non-hydrogen) atoms.